The smallest absolute Gasteiger partial charge is 0.254 e. The van der Waals surface area contributed by atoms with Crippen LogP contribution in [0.3, 0.4) is 0 Å². The fourth-order valence-corrected chi connectivity index (χ4v) is 1.76. The molecule has 0 aromatic heterocycles. The number of hydrogen-bond donors (Lipinski definition) is 2. The first kappa shape index (κ1) is 14.0. The number of amides is 1. The van der Waals surface area contributed by atoms with Crippen LogP contribution in [0.4, 0.5) is 10.1 Å². The van der Waals surface area contributed by atoms with E-state index in [1.54, 1.807) is 0 Å². The Hall–Kier alpha value is -1.08. The second-order valence-corrected chi connectivity index (χ2v) is 3.76. The third kappa shape index (κ3) is 3.19. The highest BCUT2D eigenvalue weighted by atomic mass is 35.5. The van der Waals surface area contributed by atoms with Gasteiger partial charge in [-0.05, 0) is 12.1 Å². The summed E-state index contributed by atoms with van der Waals surface area (Å²) in [4.78, 5) is 11.6. The van der Waals surface area contributed by atoms with Gasteiger partial charge in [0.05, 0.1) is 21.3 Å². The van der Waals surface area contributed by atoms with Crippen molar-refractivity contribution in [1.82, 2.24) is 5.32 Å². The molecular formula is C9H8Cl2FN2O3-. The van der Waals surface area contributed by atoms with Crippen molar-refractivity contribution in [2.75, 3.05) is 18.4 Å². The Labute approximate surface area is 106 Å². The van der Waals surface area contributed by atoms with E-state index in [1.165, 1.54) is 6.07 Å². The molecule has 94 valence electrons. The topological polar surface area (TPSA) is 75.6 Å². The largest absolute Gasteiger partial charge is 0.733 e. The zero-order valence-corrected chi connectivity index (χ0v) is 9.93. The van der Waals surface area contributed by atoms with Crippen LogP contribution in [0.1, 0.15) is 10.4 Å². The standard InChI is InChI=1S/C9H8Cl2FN2O3/c10-5-1-2-6(14(16)17)8(11)7(5)9(15)13-4-3-12/h1-2,16H,3-4H2,(H,13,15)/q-1. The highest BCUT2D eigenvalue weighted by Crippen LogP contribution is 2.33. The van der Waals surface area contributed by atoms with Gasteiger partial charge < -0.3 is 15.8 Å². The second kappa shape index (κ2) is 6.02. The van der Waals surface area contributed by atoms with Crippen LogP contribution in [0.5, 0.6) is 0 Å². The molecule has 0 radical (unpaired) electrons. The van der Waals surface area contributed by atoms with Gasteiger partial charge in [-0.3, -0.25) is 10.0 Å². The second-order valence-electron chi connectivity index (χ2n) is 2.97. The van der Waals surface area contributed by atoms with Gasteiger partial charge in [-0.2, -0.15) is 0 Å². The van der Waals surface area contributed by atoms with Gasteiger partial charge >= 0.3 is 0 Å². The van der Waals surface area contributed by atoms with E-state index in [9.17, 15) is 14.4 Å². The molecule has 0 saturated heterocycles. The maximum Gasteiger partial charge on any atom is 0.254 e. The number of rotatable bonds is 4. The molecule has 0 unspecified atom stereocenters. The third-order valence-electron chi connectivity index (χ3n) is 1.88. The van der Waals surface area contributed by atoms with E-state index >= 15 is 0 Å². The van der Waals surface area contributed by atoms with E-state index in [0.717, 1.165) is 6.07 Å². The first-order valence-corrected chi connectivity index (χ1v) is 5.23. The molecule has 0 spiro atoms. The maximum atomic E-state index is 11.9. The Kier molecular flexibility index (Phi) is 4.95. The number of nitrogens with zero attached hydrogens (tertiary/aromatic N) is 1. The van der Waals surface area contributed by atoms with Gasteiger partial charge in [0.25, 0.3) is 5.91 Å². The number of hydrogen-bond acceptors (Lipinski definition) is 4. The Morgan fingerprint density at radius 2 is 2.18 bits per heavy atom. The predicted octanol–water partition coefficient (Wildman–Crippen LogP) is 2.39. The summed E-state index contributed by atoms with van der Waals surface area (Å²) >= 11 is 11.5. The monoisotopic (exact) mass is 281 g/mol. The first-order chi connectivity index (χ1) is 7.99. The van der Waals surface area contributed by atoms with E-state index in [-0.39, 0.29) is 27.8 Å². The highest BCUT2D eigenvalue weighted by molar-refractivity contribution is 6.41. The fraction of sp³-hybridized carbons (Fsp3) is 0.222. The average Bonchev–Trinajstić information content (AvgIpc) is 2.25. The summed E-state index contributed by atoms with van der Waals surface area (Å²) in [6.07, 6.45) is 0. The molecular weight excluding hydrogens is 274 g/mol. The molecule has 1 amide bonds. The van der Waals surface area contributed by atoms with Crippen LogP contribution in [0.15, 0.2) is 12.1 Å². The van der Waals surface area contributed by atoms with Gasteiger partial charge in [-0.25, -0.2) is 4.39 Å². The molecule has 0 aliphatic rings. The fourth-order valence-electron chi connectivity index (χ4n) is 1.15. The van der Waals surface area contributed by atoms with Crippen molar-refractivity contribution >= 4 is 34.8 Å². The van der Waals surface area contributed by atoms with Crippen molar-refractivity contribution < 1.29 is 14.4 Å². The maximum absolute atomic E-state index is 11.9. The molecule has 0 atom stereocenters. The Balaban J connectivity index is 3.13. The molecule has 5 nitrogen and oxygen atoms in total. The molecule has 1 aromatic rings. The van der Waals surface area contributed by atoms with E-state index in [0.29, 0.717) is 0 Å². The molecule has 0 saturated carbocycles. The Morgan fingerprint density at radius 1 is 1.53 bits per heavy atom. The summed E-state index contributed by atoms with van der Waals surface area (Å²) in [7, 11) is 0. The molecule has 0 aliphatic carbocycles. The van der Waals surface area contributed by atoms with Crippen LogP contribution < -0.4 is 10.5 Å². The van der Waals surface area contributed by atoms with Crippen LogP contribution in [0.25, 0.3) is 0 Å². The number of alkyl halides is 1. The van der Waals surface area contributed by atoms with Crippen LogP contribution in [-0.4, -0.2) is 24.3 Å². The van der Waals surface area contributed by atoms with Crippen molar-refractivity contribution in [3.63, 3.8) is 0 Å². The van der Waals surface area contributed by atoms with Crippen molar-refractivity contribution in [3.8, 4) is 0 Å². The molecule has 0 aliphatic heterocycles. The zero-order valence-electron chi connectivity index (χ0n) is 8.41. The third-order valence-corrected chi connectivity index (χ3v) is 2.58. The van der Waals surface area contributed by atoms with Crippen LogP contribution in [-0.2, 0) is 0 Å². The average molecular weight is 282 g/mol. The number of carbonyl (C=O) groups excluding carboxylic acids is 1. The highest BCUT2D eigenvalue weighted by Gasteiger charge is 2.17. The quantitative estimate of drug-likeness (QED) is 0.831. The summed E-state index contributed by atoms with van der Waals surface area (Å²) in [6.45, 7) is -0.940. The SMILES string of the molecule is O=C(NCCF)c1c(Cl)ccc(N([O-])O)c1Cl. The molecule has 8 heteroatoms. The predicted molar refractivity (Wildman–Crippen MR) is 62.4 cm³/mol. The van der Waals surface area contributed by atoms with E-state index in [4.69, 9.17) is 28.4 Å². The van der Waals surface area contributed by atoms with Gasteiger partial charge in [-0.1, -0.05) is 23.2 Å². The molecule has 2 N–H and O–H groups in total. The zero-order chi connectivity index (χ0) is 13.0. The normalized spacial score (nSPS) is 10.2. The number of benzene rings is 1. The van der Waals surface area contributed by atoms with Crippen LogP contribution in [0, 0.1) is 5.21 Å². The van der Waals surface area contributed by atoms with Gasteiger partial charge in [0.15, 0.2) is 0 Å². The van der Waals surface area contributed by atoms with E-state index < -0.39 is 17.8 Å². The van der Waals surface area contributed by atoms with Crippen molar-refractivity contribution in [3.05, 3.63) is 32.9 Å². The van der Waals surface area contributed by atoms with Gasteiger partial charge in [-0.15, -0.1) is 0 Å². The number of carbonyl (C=O) groups is 1. The molecule has 0 heterocycles. The first-order valence-electron chi connectivity index (χ1n) is 4.47. The summed E-state index contributed by atoms with van der Waals surface area (Å²) < 4.78 is 11.9. The lowest BCUT2D eigenvalue weighted by Gasteiger charge is -2.24. The Morgan fingerprint density at radius 3 is 2.71 bits per heavy atom. The van der Waals surface area contributed by atoms with Crippen molar-refractivity contribution in [1.29, 1.82) is 0 Å². The Bertz CT molecular complexity index is 429. The summed E-state index contributed by atoms with van der Waals surface area (Å²) in [6, 6.07) is 2.39. The van der Waals surface area contributed by atoms with Crippen LogP contribution >= 0.6 is 23.2 Å². The molecule has 0 fully saturated rings. The lowest BCUT2D eigenvalue weighted by molar-refractivity contribution is 0.0951. The van der Waals surface area contributed by atoms with Gasteiger partial charge in [0.2, 0.25) is 0 Å². The summed E-state index contributed by atoms with van der Waals surface area (Å²) in [5, 5.41) is 20.9. The van der Waals surface area contributed by atoms with Crippen LogP contribution in [0.2, 0.25) is 10.0 Å². The minimum absolute atomic E-state index is 0.00282. The number of nitrogens with one attached hydrogen (secondary N) is 1. The van der Waals surface area contributed by atoms with Gasteiger partial charge in [0.1, 0.15) is 6.67 Å². The molecule has 0 bridgehead atoms. The van der Waals surface area contributed by atoms with Crippen molar-refractivity contribution in [2.24, 2.45) is 0 Å². The van der Waals surface area contributed by atoms with Crippen molar-refractivity contribution in [2.45, 2.75) is 0 Å². The molecule has 1 aromatic carbocycles. The minimum Gasteiger partial charge on any atom is -0.733 e. The number of anilines is 1. The molecule has 17 heavy (non-hydrogen) atoms. The summed E-state index contributed by atoms with van der Waals surface area (Å²) in [5.41, 5.74) is -0.504. The van der Waals surface area contributed by atoms with E-state index in [1.807, 2.05) is 0 Å². The summed E-state index contributed by atoms with van der Waals surface area (Å²) in [5.74, 6) is -0.721. The lowest BCUT2D eigenvalue weighted by atomic mass is 10.2. The van der Waals surface area contributed by atoms with Gasteiger partial charge in [0, 0.05) is 6.54 Å². The lowest BCUT2D eigenvalue weighted by Crippen LogP contribution is -2.26. The number of halogens is 3. The minimum atomic E-state index is -0.742. The molecule has 1 rings (SSSR count). The van der Waals surface area contributed by atoms with E-state index in [2.05, 4.69) is 5.32 Å².